The van der Waals surface area contributed by atoms with Crippen LogP contribution in [0.4, 0.5) is 0 Å². The maximum atomic E-state index is 11.9. The molecule has 3 atom stereocenters. The predicted octanol–water partition coefficient (Wildman–Crippen LogP) is 1.15. The summed E-state index contributed by atoms with van der Waals surface area (Å²) in [6, 6.07) is 0. The van der Waals surface area contributed by atoms with Gasteiger partial charge in [0.15, 0.2) is 0 Å². The van der Waals surface area contributed by atoms with Gasteiger partial charge in [0.25, 0.3) is 0 Å². The molecule has 5 nitrogen and oxygen atoms in total. The van der Waals surface area contributed by atoms with E-state index in [4.69, 9.17) is 5.11 Å². The van der Waals surface area contributed by atoms with Crippen LogP contribution < -0.4 is 5.32 Å². The molecule has 0 aliphatic heterocycles. The topological polar surface area (TPSA) is 86.6 Å². The molecule has 0 bridgehead atoms. The first-order valence-electron chi connectivity index (χ1n) is 6.74. The van der Waals surface area contributed by atoms with E-state index < -0.39 is 23.9 Å². The molecule has 0 heterocycles. The monoisotopic (exact) mass is 257 g/mol. The number of hydrogen-bond donors (Lipinski definition) is 3. The van der Waals surface area contributed by atoms with Crippen LogP contribution in [0.5, 0.6) is 0 Å². The fraction of sp³-hybridized carbons (Fsp3) is 0.846. The van der Waals surface area contributed by atoms with E-state index in [0.29, 0.717) is 32.2 Å². The van der Waals surface area contributed by atoms with Crippen LogP contribution in [0.25, 0.3) is 0 Å². The Labute approximate surface area is 108 Å². The first-order chi connectivity index (χ1) is 8.56. The number of aliphatic hydroxyl groups is 1. The molecule has 0 aromatic heterocycles. The van der Waals surface area contributed by atoms with E-state index in [0.717, 1.165) is 12.8 Å². The van der Waals surface area contributed by atoms with Crippen LogP contribution in [0.1, 0.15) is 45.4 Å². The van der Waals surface area contributed by atoms with Crippen LogP contribution in [-0.4, -0.2) is 34.7 Å². The lowest BCUT2D eigenvalue weighted by atomic mass is 9.78. The summed E-state index contributed by atoms with van der Waals surface area (Å²) in [5.41, 5.74) is 0. The van der Waals surface area contributed by atoms with Crippen LogP contribution in [0, 0.1) is 11.8 Å². The lowest BCUT2D eigenvalue weighted by molar-refractivity contribution is -0.148. The van der Waals surface area contributed by atoms with Crippen molar-refractivity contribution >= 4 is 11.9 Å². The molecule has 0 spiro atoms. The highest BCUT2D eigenvalue weighted by molar-refractivity contribution is 5.84. The van der Waals surface area contributed by atoms with Gasteiger partial charge in [-0.3, -0.25) is 9.59 Å². The van der Waals surface area contributed by atoms with Gasteiger partial charge in [0.1, 0.15) is 0 Å². The number of aliphatic carboxylic acids is 1. The quantitative estimate of drug-likeness (QED) is 0.666. The minimum Gasteiger partial charge on any atom is -0.481 e. The third-order valence-electron chi connectivity index (χ3n) is 3.67. The van der Waals surface area contributed by atoms with E-state index in [9.17, 15) is 14.7 Å². The highest BCUT2D eigenvalue weighted by Gasteiger charge is 2.35. The maximum absolute atomic E-state index is 11.9. The second kappa shape index (κ2) is 7.36. The molecular formula is C13H23NO4. The summed E-state index contributed by atoms with van der Waals surface area (Å²) in [7, 11) is 0. The largest absolute Gasteiger partial charge is 0.481 e. The summed E-state index contributed by atoms with van der Waals surface area (Å²) in [6.45, 7) is 2.30. The maximum Gasteiger partial charge on any atom is 0.307 e. The molecule has 0 saturated heterocycles. The third kappa shape index (κ3) is 4.29. The summed E-state index contributed by atoms with van der Waals surface area (Å²) in [5, 5.41) is 21.2. The van der Waals surface area contributed by atoms with E-state index >= 15 is 0 Å². The zero-order valence-electron chi connectivity index (χ0n) is 10.9. The van der Waals surface area contributed by atoms with Gasteiger partial charge in [-0.1, -0.05) is 19.8 Å². The van der Waals surface area contributed by atoms with E-state index in [2.05, 4.69) is 5.32 Å². The molecule has 1 saturated carbocycles. The van der Waals surface area contributed by atoms with Crippen molar-refractivity contribution in [1.82, 2.24) is 5.32 Å². The summed E-state index contributed by atoms with van der Waals surface area (Å²) in [5.74, 6) is -2.00. The number of carboxylic acids is 1. The van der Waals surface area contributed by atoms with Gasteiger partial charge in [-0.25, -0.2) is 0 Å². The van der Waals surface area contributed by atoms with Crippen molar-refractivity contribution in [3.05, 3.63) is 0 Å². The Kier molecular flexibility index (Phi) is 6.12. The van der Waals surface area contributed by atoms with Gasteiger partial charge in [-0.05, 0) is 25.7 Å². The summed E-state index contributed by atoms with van der Waals surface area (Å²) >= 11 is 0. The lowest BCUT2D eigenvalue weighted by Crippen LogP contribution is -2.40. The molecule has 18 heavy (non-hydrogen) atoms. The minimum atomic E-state index is -0.872. The normalized spacial score (nSPS) is 25.4. The number of carbonyl (C=O) groups is 2. The fourth-order valence-electron chi connectivity index (χ4n) is 2.44. The van der Waals surface area contributed by atoms with Crippen LogP contribution >= 0.6 is 0 Å². The summed E-state index contributed by atoms with van der Waals surface area (Å²) in [4.78, 5) is 23.0. The first-order valence-corrected chi connectivity index (χ1v) is 6.74. The molecule has 1 aliphatic carbocycles. The molecule has 5 heteroatoms. The number of aliphatic hydroxyl groups excluding tert-OH is 1. The van der Waals surface area contributed by atoms with Crippen molar-refractivity contribution in [2.75, 3.05) is 6.54 Å². The molecular weight excluding hydrogens is 234 g/mol. The lowest BCUT2D eigenvalue weighted by Gasteiger charge is -2.27. The smallest absolute Gasteiger partial charge is 0.307 e. The van der Waals surface area contributed by atoms with Crippen molar-refractivity contribution in [3.8, 4) is 0 Å². The Morgan fingerprint density at radius 3 is 2.44 bits per heavy atom. The van der Waals surface area contributed by atoms with Crippen molar-refractivity contribution in [3.63, 3.8) is 0 Å². The molecule has 1 amide bonds. The van der Waals surface area contributed by atoms with Gasteiger partial charge in [-0.2, -0.15) is 0 Å². The van der Waals surface area contributed by atoms with E-state index in [-0.39, 0.29) is 5.91 Å². The Hall–Kier alpha value is -1.10. The van der Waals surface area contributed by atoms with Gasteiger partial charge in [0.2, 0.25) is 5.91 Å². The zero-order valence-corrected chi connectivity index (χ0v) is 10.9. The Balaban J connectivity index is 2.41. The highest BCUT2D eigenvalue weighted by atomic mass is 16.4. The fourth-order valence-corrected chi connectivity index (χ4v) is 2.44. The molecule has 3 N–H and O–H groups in total. The van der Waals surface area contributed by atoms with Crippen LogP contribution in [0.3, 0.4) is 0 Å². The predicted molar refractivity (Wildman–Crippen MR) is 67.0 cm³/mol. The van der Waals surface area contributed by atoms with Crippen LogP contribution in [-0.2, 0) is 9.59 Å². The van der Waals surface area contributed by atoms with E-state index in [1.807, 2.05) is 6.92 Å². The second-order valence-corrected chi connectivity index (χ2v) is 4.98. The second-order valence-electron chi connectivity index (χ2n) is 4.98. The molecule has 0 radical (unpaired) electrons. The third-order valence-corrected chi connectivity index (χ3v) is 3.67. The van der Waals surface area contributed by atoms with Crippen molar-refractivity contribution < 1.29 is 19.8 Å². The standard InChI is InChI=1S/C13H23NO4/c1-2-9(15)7-8-14-12(16)10-5-3-4-6-11(10)13(17)18/h9-11,15H,2-8H2,1H3,(H,14,16)(H,17,18). The minimum absolute atomic E-state index is 0.176. The molecule has 3 unspecified atom stereocenters. The van der Waals surface area contributed by atoms with Gasteiger partial charge in [-0.15, -0.1) is 0 Å². The number of rotatable bonds is 6. The van der Waals surface area contributed by atoms with E-state index in [1.165, 1.54) is 0 Å². The zero-order chi connectivity index (χ0) is 13.5. The Morgan fingerprint density at radius 2 is 1.89 bits per heavy atom. The van der Waals surface area contributed by atoms with Crippen molar-refractivity contribution in [1.29, 1.82) is 0 Å². The summed E-state index contributed by atoms with van der Waals surface area (Å²) < 4.78 is 0. The highest BCUT2D eigenvalue weighted by Crippen LogP contribution is 2.30. The number of carboxylic acid groups (broad SMARTS) is 1. The average molecular weight is 257 g/mol. The number of amides is 1. The number of nitrogens with one attached hydrogen (secondary N) is 1. The first kappa shape index (κ1) is 15.0. The molecule has 1 fully saturated rings. The number of carbonyl (C=O) groups excluding carboxylic acids is 1. The van der Waals surface area contributed by atoms with E-state index in [1.54, 1.807) is 0 Å². The molecule has 1 rings (SSSR count). The van der Waals surface area contributed by atoms with Gasteiger partial charge < -0.3 is 15.5 Å². The van der Waals surface area contributed by atoms with Crippen LogP contribution in [0.15, 0.2) is 0 Å². The van der Waals surface area contributed by atoms with Crippen molar-refractivity contribution in [2.24, 2.45) is 11.8 Å². The molecule has 0 aromatic rings. The Morgan fingerprint density at radius 1 is 1.28 bits per heavy atom. The number of hydrogen-bond acceptors (Lipinski definition) is 3. The molecule has 104 valence electrons. The molecule has 1 aliphatic rings. The Bertz CT molecular complexity index is 293. The van der Waals surface area contributed by atoms with Crippen LogP contribution in [0.2, 0.25) is 0 Å². The van der Waals surface area contributed by atoms with Gasteiger partial charge >= 0.3 is 5.97 Å². The van der Waals surface area contributed by atoms with Gasteiger partial charge in [0, 0.05) is 6.54 Å². The van der Waals surface area contributed by atoms with Gasteiger partial charge in [0.05, 0.1) is 17.9 Å². The molecule has 0 aromatic carbocycles. The SMILES string of the molecule is CCC(O)CCNC(=O)C1CCCCC1C(=O)O. The van der Waals surface area contributed by atoms with Crippen molar-refractivity contribution in [2.45, 2.75) is 51.6 Å². The average Bonchev–Trinajstić information content (AvgIpc) is 2.38. The summed E-state index contributed by atoms with van der Waals surface area (Å²) in [6.07, 6.45) is 3.83.